The summed E-state index contributed by atoms with van der Waals surface area (Å²) in [6, 6.07) is 0. The zero-order valence-electron chi connectivity index (χ0n) is 7.78. The maximum atomic E-state index is 13.4. The second-order valence-corrected chi connectivity index (χ2v) is 4.54. The van der Waals surface area contributed by atoms with E-state index in [2.05, 4.69) is 0 Å². The van der Waals surface area contributed by atoms with Gasteiger partial charge in [-0.15, -0.1) is 0 Å². The lowest BCUT2D eigenvalue weighted by atomic mass is 10.1. The summed E-state index contributed by atoms with van der Waals surface area (Å²) in [5.74, 6) is -3.09. The number of rotatable bonds is 0. The molecule has 74 valence electrons. The lowest BCUT2D eigenvalue weighted by Crippen LogP contribution is -2.28. The lowest BCUT2D eigenvalue weighted by molar-refractivity contribution is 0.167. The van der Waals surface area contributed by atoms with Crippen LogP contribution < -0.4 is 0 Å². The molecule has 0 radical (unpaired) electrons. The Hall–Kier alpha value is -0.480. The van der Waals surface area contributed by atoms with Crippen LogP contribution in [0.25, 0.3) is 0 Å². The third kappa shape index (κ3) is 1.01. The molecular formula is C10H8F2S2. The molecule has 0 unspecified atom stereocenters. The van der Waals surface area contributed by atoms with Crippen molar-refractivity contribution in [2.24, 2.45) is 0 Å². The molecule has 0 spiro atoms. The van der Waals surface area contributed by atoms with Gasteiger partial charge in [0.2, 0.25) is 0 Å². The van der Waals surface area contributed by atoms with Gasteiger partial charge in [0.1, 0.15) is 0 Å². The molecular weight excluding hydrogens is 222 g/mol. The maximum Gasteiger partial charge on any atom is 0.319 e. The van der Waals surface area contributed by atoms with E-state index in [0.29, 0.717) is 11.1 Å². The van der Waals surface area contributed by atoms with Crippen molar-refractivity contribution in [1.82, 2.24) is 0 Å². The predicted molar refractivity (Wildman–Crippen MR) is 60.2 cm³/mol. The van der Waals surface area contributed by atoms with Crippen LogP contribution in [0.1, 0.15) is 20.3 Å². The molecule has 1 saturated carbocycles. The van der Waals surface area contributed by atoms with Crippen molar-refractivity contribution < 1.29 is 8.78 Å². The van der Waals surface area contributed by atoms with Gasteiger partial charge >= 0.3 is 5.92 Å². The van der Waals surface area contributed by atoms with Gasteiger partial charge in [0, 0.05) is 11.1 Å². The summed E-state index contributed by atoms with van der Waals surface area (Å²) in [4.78, 5) is -0.571. The Balaban J connectivity index is 2.70. The molecule has 0 bridgehead atoms. The van der Waals surface area contributed by atoms with Crippen molar-refractivity contribution in [3.63, 3.8) is 0 Å². The van der Waals surface area contributed by atoms with Crippen LogP contribution in [0.3, 0.4) is 0 Å². The summed E-state index contributed by atoms with van der Waals surface area (Å²) in [5.41, 5.74) is 2.91. The van der Waals surface area contributed by atoms with E-state index in [1.165, 1.54) is 0 Å². The fraction of sp³-hybridized carbons (Fsp3) is 0.400. The van der Waals surface area contributed by atoms with Gasteiger partial charge in [-0.25, -0.2) is 0 Å². The number of halogens is 2. The first-order valence-corrected chi connectivity index (χ1v) is 5.06. The van der Waals surface area contributed by atoms with E-state index in [0.717, 1.165) is 17.6 Å². The number of hydrogen-bond acceptors (Lipinski definition) is 2. The Morgan fingerprint density at radius 3 is 1.71 bits per heavy atom. The van der Waals surface area contributed by atoms with Crippen LogP contribution in [0.2, 0.25) is 0 Å². The first-order valence-electron chi connectivity index (χ1n) is 4.24. The summed E-state index contributed by atoms with van der Waals surface area (Å²) < 4.78 is 26.9. The molecule has 0 heterocycles. The average Bonchev–Trinajstić information content (AvgIpc) is 2.45. The van der Waals surface area contributed by atoms with E-state index in [9.17, 15) is 8.78 Å². The summed E-state index contributed by atoms with van der Waals surface area (Å²) in [6.07, 6.45) is 0.723. The quantitative estimate of drug-likeness (QED) is 0.585. The van der Waals surface area contributed by atoms with Gasteiger partial charge in [-0.3, -0.25) is 0 Å². The van der Waals surface area contributed by atoms with Gasteiger partial charge < -0.3 is 0 Å². The molecule has 0 N–H and O–H groups in total. The van der Waals surface area contributed by atoms with Crippen molar-refractivity contribution in [1.29, 1.82) is 0 Å². The van der Waals surface area contributed by atoms with Gasteiger partial charge in [-0.1, -0.05) is 35.6 Å². The standard InChI is InChI=1S/C10H8F2S2/c1-4-3-5(2)7-6(4)8(13)10(11,12)9(7)14/h3H2,1-2H3. The van der Waals surface area contributed by atoms with E-state index in [-0.39, 0.29) is 9.73 Å². The monoisotopic (exact) mass is 230 g/mol. The molecule has 2 rings (SSSR count). The molecule has 0 atom stereocenters. The minimum Gasteiger partial charge on any atom is -0.194 e. The minimum absolute atomic E-state index is 0.285. The average molecular weight is 230 g/mol. The topological polar surface area (TPSA) is 0 Å². The highest BCUT2D eigenvalue weighted by atomic mass is 32.1. The van der Waals surface area contributed by atoms with Gasteiger partial charge in [-0.2, -0.15) is 8.78 Å². The smallest absolute Gasteiger partial charge is 0.194 e. The zero-order chi connectivity index (χ0) is 10.7. The highest BCUT2D eigenvalue weighted by molar-refractivity contribution is 7.83. The van der Waals surface area contributed by atoms with Gasteiger partial charge in [0.05, 0.1) is 9.73 Å². The number of fused-ring (bicyclic) bond motifs is 1. The van der Waals surface area contributed by atoms with Crippen LogP contribution in [0, 0.1) is 0 Å². The Morgan fingerprint density at radius 2 is 1.36 bits per heavy atom. The van der Waals surface area contributed by atoms with Crippen LogP contribution in [0.5, 0.6) is 0 Å². The summed E-state index contributed by atoms with van der Waals surface area (Å²) >= 11 is 9.54. The van der Waals surface area contributed by atoms with Crippen LogP contribution in [-0.4, -0.2) is 15.7 Å². The van der Waals surface area contributed by atoms with Crippen LogP contribution in [-0.2, 0) is 0 Å². The van der Waals surface area contributed by atoms with Crippen molar-refractivity contribution >= 4 is 34.2 Å². The fourth-order valence-electron chi connectivity index (χ4n) is 2.03. The summed E-state index contributed by atoms with van der Waals surface area (Å²) in [5, 5.41) is 0. The van der Waals surface area contributed by atoms with Gasteiger partial charge in [0.15, 0.2) is 0 Å². The molecule has 2 aliphatic rings. The molecule has 0 aromatic rings. The Labute approximate surface area is 91.7 Å². The number of alkyl halides is 2. The summed E-state index contributed by atoms with van der Waals surface area (Å²) in [6.45, 7) is 3.67. The SMILES string of the molecule is CC1=C2C(=S)C(F)(F)C(=S)C2=C(C)C1. The van der Waals surface area contributed by atoms with Gasteiger partial charge in [0.25, 0.3) is 0 Å². The third-order valence-corrected chi connectivity index (χ3v) is 3.58. The molecule has 0 aromatic heterocycles. The highest BCUT2D eigenvalue weighted by Gasteiger charge is 2.53. The molecule has 0 nitrogen and oxygen atoms in total. The van der Waals surface area contributed by atoms with Gasteiger partial charge in [-0.05, 0) is 20.3 Å². The Morgan fingerprint density at radius 1 is 1.00 bits per heavy atom. The first-order chi connectivity index (χ1) is 6.37. The van der Waals surface area contributed by atoms with Crippen LogP contribution in [0.4, 0.5) is 8.78 Å². The van der Waals surface area contributed by atoms with Crippen LogP contribution in [0.15, 0.2) is 22.3 Å². The maximum absolute atomic E-state index is 13.4. The largest absolute Gasteiger partial charge is 0.319 e. The number of thiocarbonyl (C=S) groups is 2. The minimum atomic E-state index is -3.09. The predicted octanol–water partition coefficient (Wildman–Crippen LogP) is 3.41. The molecule has 0 aliphatic heterocycles. The molecule has 4 heteroatoms. The fourth-order valence-corrected chi connectivity index (χ4v) is 2.85. The van der Waals surface area contributed by atoms with E-state index >= 15 is 0 Å². The molecule has 0 amide bonds. The first kappa shape index (κ1) is 10.1. The molecule has 14 heavy (non-hydrogen) atoms. The van der Waals surface area contributed by atoms with E-state index < -0.39 is 5.92 Å². The highest BCUT2D eigenvalue weighted by Crippen LogP contribution is 2.46. The number of hydrogen-bond donors (Lipinski definition) is 0. The molecule has 0 aromatic carbocycles. The van der Waals surface area contributed by atoms with Crippen LogP contribution >= 0.6 is 24.4 Å². The normalized spacial score (nSPS) is 25.1. The molecule has 1 fully saturated rings. The van der Waals surface area contributed by atoms with Crippen molar-refractivity contribution in [2.75, 3.05) is 0 Å². The molecule has 0 saturated heterocycles. The van der Waals surface area contributed by atoms with Crippen molar-refractivity contribution in [3.8, 4) is 0 Å². The third-order valence-electron chi connectivity index (χ3n) is 2.66. The lowest BCUT2D eigenvalue weighted by Gasteiger charge is -2.08. The second kappa shape index (κ2) is 2.76. The van der Waals surface area contributed by atoms with E-state index in [1.807, 2.05) is 13.8 Å². The molecule has 2 aliphatic carbocycles. The second-order valence-electron chi connectivity index (χ2n) is 3.72. The zero-order valence-corrected chi connectivity index (χ0v) is 9.41. The summed E-state index contributed by atoms with van der Waals surface area (Å²) in [7, 11) is 0. The van der Waals surface area contributed by atoms with E-state index in [1.54, 1.807) is 0 Å². The number of allylic oxidation sites excluding steroid dienone is 4. The Kier molecular flexibility index (Phi) is 1.98. The van der Waals surface area contributed by atoms with Crippen molar-refractivity contribution in [2.45, 2.75) is 26.2 Å². The van der Waals surface area contributed by atoms with E-state index in [4.69, 9.17) is 24.4 Å². The van der Waals surface area contributed by atoms with Crippen molar-refractivity contribution in [3.05, 3.63) is 22.3 Å². The Bertz CT molecular complexity index is 389.